The summed E-state index contributed by atoms with van der Waals surface area (Å²) >= 11 is 0. The number of pyridine rings is 1. The summed E-state index contributed by atoms with van der Waals surface area (Å²) in [5, 5.41) is 11.9. The normalized spacial score (nSPS) is 18.1. The minimum atomic E-state index is -3.65. The number of aromatic nitrogens is 1. The molecular weight excluding hydrogens is 300 g/mol. The molecule has 1 N–H and O–H groups in total. The van der Waals surface area contributed by atoms with Crippen molar-refractivity contribution in [2.24, 2.45) is 0 Å². The van der Waals surface area contributed by atoms with Crippen LogP contribution < -0.4 is 0 Å². The molecule has 5 nitrogen and oxygen atoms in total. The summed E-state index contributed by atoms with van der Waals surface area (Å²) in [4.78, 5) is 4.29. The van der Waals surface area contributed by atoms with Gasteiger partial charge in [0.2, 0.25) is 10.0 Å². The molecule has 0 spiro atoms. The second-order valence-electron chi connectivity index (χ2n) is 6.05. The largest absolute Gasteiger partial charge is 0.389 e. The third kappa shape index (κ3) is 2.74. The lowest BCUT2D eigenvalue weighted by Gasteiger charge is -2.28. The zero-order valence-corrected chi connectivity index (χ0v) is 13.4. The van der Waals surface area contributed by atoms with Crippen molar-refractivity contribution in [3.8, 4) is 0 Å². The van der Waals surface area contributed by atoms with Crippen LogP contribution in [0.2, 0.25) is 0 Å². The fourth-order valence-electron chi connectivity index (χ4n) is 3.18. The van der Waals surface area contributed by atoms with Gasteiger partial charge in [-0.05, 0) is 25.0 Å². The van der Waals surface area contributed by atoms with E-state index in [0.29, 0.717) is 18.2 Å². The second kappa shape index (κ2) is 5.61. The maximum atomic E-state index is 12.9. The predicted molar refractivity (Wildman–Crippen MR) is 85.0 cm³/mol. The van der Waals surface area contributed by atoms with Crippen LogP contribution >= 0.6 is 0 Å². The number of fused-ring (bicyclic) bond motifs is 1. The average Bonchev–Trinajstić information content (AvgIpc) is 2.92. The SMILES string of the molecule is CN(CC1(O)CCCC1)S(=O)(=O)c1cccc2cnccc12. The summed E-state index contributed by atoms with van der Waals surface area (Å²) in [6.45, 7) is 0.136. The van der Waals surface area contributed by atoms with Crippen molar-refractivity contribution in [1.82, 2.24) is 9.29 Å². The fourth-order valence-corrected chi connectivity index (χ4v) is 4.64. The Balaban J connectivity index is 1.97. The van der Waals surface area contributed by atoms with E-state index in [4.69, 9.17) is 0 Å². The summed E-state index contributed by atoms with van der Waals surface area (Å²) in [6, 6.07) is 6.87. The highest BCUT2D eigenvalue weighted by Crippen LogP contribution is 2.32. The Morgan fingerprint density at radius 3 is 2.73 bits per heavy atom. The van der Waals surface area contributed by atoms with Crippen molar-refractivity contribution in [1.29, 1.82) is 0 Å². The lowest BCUT2D eigenvalue weighted by molar-refractivity contribution is 0.0333. The summed E-state index contributed by atoms with van der Waals surface area (Å²) in [5.74, 6) is 0. The molecule has 0 saturated heterocycles. The zero-order valence-electron chi connectivity index (χ0n) is 12.6. The topological polar surface area (TPSA) is 70.5 Å². The molecule has 0 amide bonds. The first kappa shape index (κ1) is 15.4. The van der Waals surface area contributed by atoms with Crippen LogP contribution in [0.5, 0.6) is 0 Å². The number of hydrogen-bond acceptors (Lipinski definition) is 4. The third-order valence-electron chi connectivity index (χ3n) is 4.38. The van der Waals surface area contributed by atoms with Gasteiger partial charge in [0, 0.05) is 36.8 Å². The van der Waals surface area contributed by atoms with Crippen LogP contribution in [0.25, 0.3) is 10.8 Å². The lowest BCUT2D eigenvalue weighted by atomic mass is 10.0. The molecule has 0 aliphatic heterocycles. The Bertz CT molecular complexity index is 778. The molecule has 0 radical (unpaired) electrons. The minimum Gasteiger partial charge on any atom is -0.389 e. The van der Waals surface area contributed by atoms with Gasteiger partial charge in [-0.1, -0.05) is 25.0 Å². The van der Waals surface area contributed by atoms with Crippen LogP contribution in [-0.2, 0) is 10.0 Å². The van der Waals surface area contributed by atoms with E-state index in [2.05, 4.69) is 4.98 Å². The highest BCUT2D eigenvalue weighted by atomic mass is 32.2. The number of rotatable bonds is 4. The monoisotopic (exact) mass is 320 g/mol. The van der Waals surface area contributed by atoms with Gasteiger partial charge in [0.1, 0.15) is 0 Å². The highest BCUT2D eigenvalue weighted by molar-refractivity contribution is 7.89. The molecule has 1 aromatic carbocycles. The van der Waals surface area contributed by atoms with Crippen molar-refractivity contribution in [2.45, 2.75) is 36.2 Å². The summed E-state index contributed by atoms with van der Waals surface area (Å²) in [7, 11) is -2.11. The van der Waals surface area contributed by atoms with Crippen LogP contribution in [0.3, 0.4) is 0 Å². The van der Waals surface area contributed by atoms with Gasteiger partial charge < -0.3 is 5.11 Å². The van der Waals surface area contributed by atoms with Gasteiger partial charge >= 0.3 is 0 Å². The number of sulfonamides is 1. The average molecular weight is 320 g/mol. The molecule has 1 heterocycles. The molecule has 1 aromatic heterocycles. The van der Waals surface area contributed by atoms with Crippen LogP contribution in [0, 0.1) is 0 Å². The Morgan fingerprint density at radius 2 is 2.00 bits per heavy atom. The Kier molecular flexibility index (Phi) is 3.92. The van der Waals surface area contributed by atoms with E-state index in [1.807, 2.05) is 6.07 Å². The highest BCUT2D eigenvalue weighted by Gasteiger charge is 2.36. The van der Waals surface area contributed by atoms with Crippen molar-refractivity contribution in [3.63, 3.8) is 0 Å². The molecule has 3 rings (SSSR count). The van der Waals surface area contributed by atoms with Crippen LogP contribution in [-0.4, -0.2) is 42.0 Å². The molecule has 1 aliphatic rings. The van der Waals surface area contributed by atoms with Crippen molar-refractivity contribution in [2.75, 3.05) is 13.6 Å². The van der Waals surface area contributed by atoms with E-state index in [-0.39, 0.29) is 11.4 Å². The van der Waals surface area contributed by atoms with Gasteiger partial charge in [0.25, 0.3) is 0 Å². The smallest absolute Gasteiger partial charge is 0.243 e. The van der Waals surface area contributed by atoms with Crippen LogP contribution in [0.15, 0.2) is 41.6 Å². The first-order chi connectivity index (χ1) is 10.4. The Hall–Kier alpha value is -1.50. The standard InChI is InChI=1S/C16H20N2O3S/c1-18(12-16(19)8-2-3-9-16)22(20,21)15-6-4-5-13-11-17-10-7-14(13)15/h4-7,10-11,19H,2-3,8-9,12H2,1H3. The molecule has 118 valence electrons. The van der Waals surface area contributed by atoms with E-state index >= 15 is 0 Å². The molecule has 6 heteroatoms. The number of benzene rings is 1. The van der Waals surface area contributed by atoms with Gasteiger partial charge in [0.05, 0.1) is 10.5 Å². The molecule has 1 aliphatic carbocycles. The molecule has 1 fully saturated rings. The number of nitrogens with zero attached hydrogens (tertiary/aromatic N) is 2. The maximum absolute atomic E-state index is 12.9. The molecule has 1 saturated carbocycles. The van der Waals surface area contributed by atoms with E-state index in [0.717, 1.165) is 18.2 Å². The number of aliphatic hydroxyl groups is 1. The van der Waals surface area contributed by atoms with Gasteiger partial charge in [-0.3, -0.25) is 4.98 Å². The molecular formula is C16H20N2O3S. The van der Waals surface area contributed by atoms with Crippen LogP contribution in [0.1, 0.15) is 25.7 Å². The Labute approximate surface area is 130 Å². The summed E-state index contributed by atoms with van der Waals surface area (Å²) < 4.78 is 27.0. The Morgan fingerprint density at radius 1 is 1.27 bits per heavy atom. The van der Waals surface area contributed by atoms with Crippen molar-refractivity contribution >= 4 is 20.8 Å². The lowest BCUT2D eigenvalue weighted by Crippen LogP contribution is -2.42. The van der Waals surface area contributed by atoms with Crippen LogP contribution in [0.4, 0.5) is 0 Å². The zero-order chi connectivity index (χ0) is 15.8. The second-order valence-corrected chi connectivity index (χ2v) is 8.06. The van der Waals surface area contributed by atoms with E-state index in [1.165, 1.54) is 11.4 Å². The molecule has 2 aromatic rings. The predicted octanol–water partition coefficient (Wildman–Crippen LogP) is 2.16. The number of likely N-dealkylation sites (N-methyl/N-ethyl adjacent to an activating group) is 1. The van der Waals surface area contributed by atoms with Gasteiger partial charge in [-0.2, -0.15) is 4.31 Å². The van der Waals surface area contributed by atoms with Crippen molar-refractivity contribution < 1.29 is 13.5 Å². The third-order valence-corrected chi connectivity index (χ3v) is 6.24. The number of hydrogen-bond donors (Lipinski definition) is 1. The first-order valence-electron chi connectivity index (χ1n) is 7.44. The minimum absolute atomic E-state index is 0.136. The molecule has 22 heavy (non-hydrogen) atoms. The quantitative estimate of drug-likeness (QED) is 0.937. The first-order valence-corrected chi connectivity index (χ1v) is 8.88. The molecule has 0 atom stereocenters. The van der Waals surface area contributed by atoms with Gasteiger partial charge in [-0.25, -0.2) is 8.42 Å². The maximum Gasteiger partial charge on any atom is 0.243 e. The van der Waals surface area contributed by atoms with E-state index < -0.39 is 15.6 Å². The summed E-state index contributed by atoms with van der Waals surface area (Å²) in [5.41, 5.74) is -0.895. The molecule has 0 bridgehead atoms. The molecule has 0 unspecified atom stereocenters. The fraction of sp³-hybridized carbons (Fsp3) is 0.438. The van der Waals surface area contributed by atoms with Gasteiger partial charge in [0.15, 0.2) is 0 Å². The summed E-state index contributed by atoms with van der Waals surface area (Å²) in [6.07, 6.45) is 6.46. The van der Waals surface area contributed by atoms with Crippen molar-refractivity contribution in [3.05, 3.63) is 36.7 Å². The van der Waals surface area contributed by atoms with E-state index in [9.17, 15) is 13.5 Å². The van der Waals surface area contributed by atoms with E-state index in [1.54, 1.807) is 30.6 Å². The van der Waals surface area contributed by atoms with Gasteiger partial charge in [-0.15, -0.1) is 0 Å².